The number of hydrogen-bond acceptors (Lipinski definition) is 6. The van der Waals surface area contributed by atoms with Crippen LogP contribution in [0.4, 0.5) is 5.82 Å². The van der Waals surface area contributed by atoms with Gasteiger partial charge in [-0.05, 0) is 62.6 Å². The van der Waals surface area contributed by atoms with Crippen LogP contribution in [0.25, 0.3) is 0 Å². The van der Waals surface area contributed by atoms with Crippen LogP contribution >= 0.6 is 11.8 Å². The van der Waals surface area contributed by atoms with E-state index in [1.54, 1.807) is 11.8 Å². The van der Waals surface area contributed by atoms with E-state index >= 15 is 0 Å². The topological polar surface area (TPSA) is 67.1 Å². The summed E-state index contributed by atoms with van der Waals surface area (Å²) in [6, 6.07) is 8.95. The smallest absolute Gasteiger partial charge is 0.154 e. The molecular weight excluding hydrogens is 390 g/mol. The maximum atomic E-state index is 6.25. The molecule has 2 aliphatic rings. The third-order valence-corrected chi connectivity index (χ3v) is 7.63. The number of anilines is 1. The Labute approximate surface area is 184 Å². The van der Waals surface area contributed by atoms with E-state index in [2.05, 4.69) is 59.9 Å². The molecule has 1 aromatic heterocycles. The summed E-state index contributed by atoms with van der Waals surface area (Å²) in [6.07, 6.45) is 7.70. The zero-order valence-electron chi connectivity index (χ0n) is 18.4. The zero-order chi connectivity index (χ0) is 21.4. The van der Waals surface area contributed by atoms with Crippen LogP contribution in [0, 0.1) is 6.92 Å². The molecule has 2 aromatic rings. The normalized spacial score (nSPS) is 19.8. The van der Waals surface area contributed by atoms with Crippen LogP contribution in [0.15, 0.2) is 52.8 Å². The minimum atomic E-state index is -0.0747. The number of aryl methyl sites for hydroxylation is 1. The molecule has 1 saturated heterocycles. The maximum absolute atomic E-state index is 6.25. The molecule has 0 unspecified atom stereocenters. The van der Waals surface area contributed by atoms with Gasteiger partial charge >= 0.3 is 0 Å². The van der Waals surface area contributed by atoms with E-state index in [1.807, 2.05) is 13.1 Å². The Hall–Kier alpha value is -2.05. The number of likely N-dealkylation sites (tertiary alicyclic amines) is 1. The van der Waals surface area contributed by atoms with Crippen molar-refractivity contribution in [2.45, 2.75) is 73.8 Å². The number of aromatic nitrogens is 2. The Morgan fingerprint density at radius 1 is 1.13 bits per heavy atom. The summed E-state index contributed by atoms with van der Waals surface area (Å²) in [6.45, 7) is 12.5. The fourth-order valence-electron chi connectivity index (χ4n) is 4.15. The number of nitrogens with one attached hydrogen (secondary N) is 1. The standard InChI is InChI=1S/C24H33N5S/c1-17-22(27-18(2)29-14-12-24(4,25)13-15-29)28-21(16-26-17)30-20-8-6-19(7-9-20)23(3)10-5-11-23/h6-9,16H,2,5,10-15,25H2,1,3-4H3,(H,27,28). The van der Waals surface area contributed by atoms with Crippen molar-refractivity contribution in [3.63, 3.8) is 0 Å². The molecule has 0 atom stereocenters. The molecule has 0 amide bonds. The van der Waals surface area contributed by atoms with Gasteiger partial charge in [0.1, 0.15) is 5.03 Å². The first kappa shape index (κ1) is 21.2. The summed E-state index contributed by atoms with van der Waals surface area (Å²) in [7, 11) is 0. The van der Waals surface area contributed by atoms with Crippen LogP contribution in [0.5, 0.6) is 0 Å². The van der Waals surface area contributed by atoms with Crippen LogP contribution in [0.3, 0.4) is 0 Å². The van der Waals surface area contributed by atoms with Gasteiger partial charge in [0.25, 0.3) is 0 Å². The van der Waals surface area contributed by atoms with Crippen LogP contribution in [0.1, 0.15) is 57.2 Å². The molecule has 1 aliphatic heterocycles. The number of nitrogens with two attached hydrogens (primary N) is 1. The lowest BCUT2D eigenvalue weighted by Crippen LogP contribution is -2.48. The van der Waals surface area contributed by atoms with Crippen molar-refractivity contribution in [2.24, 2.45) is 5.73 Å². The zero-order valence-corrected chi connectivity index (χ0v) is 19.2. The predicted octanol–water partition coefficient (Wildman–Crippen LogP) is 5.07. The van der Waals surface area contributed by atoms with Crippen molar-refractivity contribution in [3.05, 3.63) is 54.1 Å². The molecule has 4 rings (SSSR count). The SMILES string of the molecule is C=C(Nc1nc(Sc2ccc(C3(C)CCC3)cc2)cnc1C)N1CCC(C)(N)CC1. The number of benzene rings is 1. The maximum Gasteiger partial charge on any atom is 0.154 e. The molecule has 1 aromatic carbocycles. The first-order chi connectivity index (χ1) is 14.2. The lowest BCUT2D eigenvalue weighted by Gasteiger charge is -2.39. The highest BCUT2D eigenvalue weighted by Crippen LogP contribution is 2.43. The van der Waals surface area contributed by atoms with Crippen molar-refractivity contribution in [1.29, 1.82) is 0 Å². The Morgan fingerprint density at radius 2 is 1.80 bits per heavy atom. The lowest BCUT2D eigenvalue weighted by atomic mass is 9.66. The van der Waals surface area contributed by atoms with Gasteiger partial charge in [-0.15, -0.1) is 0 Å². The van der Waals surface area contributed by atoms with Crippen molar-refractivity contribution in [1.82, 2.24) is 14.9 Å². The predicted molar refractivity (Wildman–Crippen MR) is 125 cm³/mol. The molecule has 0 radical (unpaired) electrons. The highest BCUT2D eigenvalue weighted by Gasteiger charge is 2.33. The van der Waals surface area contributed by atoms with Crippen LogP contribution in [-0.4, -0.2) is 33.5 Å². The van der Waals surface area contributed by atoms with Gasteiger partial charge < -0.3 is 16.0 Å². The Morgan fingerprint density at radius 3 is 2.40 bits per heavy atom. The monoisotopic (exact) mass is 423 g/mol. The van der Waals surface area contributed by atoms with Gasteiger partial charge in [0.15, 0.2) is 5.82 Å². The molecule has 160 valence electrons. The van der Waals surface area contributed by atoms with E-state index in [4.69, 9.17) is 10.7 Å². The fourth-order valence-corrected chi connectivity index (χ4v) is 4.90. The number of hydrogen-bond donors (Lipinski definition) is 2. The van der Waals surface area contributed by atoms with E-state index in [-0.39, 0.29) is 5.54 Å². The Kier molecular flexibility index (Phi) is 5.82. The van der Waals surface area contributed by atoms with Gasteiger partial charge in [0, 0.05) is 23.5 Å². The van der Waals surface area contributed by atoms with E-state index < -0.39 is 0 Å². The minimum absolute atomic E-state index is 0.0747. The molecule has 0 bridgehead atoms. The minimum Gasteiger partial charge on any atom is -0.358 e. The highest BCUT2D eigenvalue weighted by molar-refractivity contribution is 7.99. The van der Waals surface area contributed by atoms with E-state index in [9.17, 15) is 0 Å². The third kappa shape index (κ3) is 4.65. The Balaban J connectivity index is 1.41. The molecule has 1 saturated carbocycles. The second kappa shape index (κ2) is 8.23. The second-order valence-electron chi connectivity index (χ2n) is 9.40. The summed E-state index contributed by atoms with van der Waals surface area (Å²) in [5.41, 5.74) is 8.87. The second-order valence-corrected chi connectivity index (χ2v) is 10.5. The Bertz CT molecular complexity index is 908. The first-order valence-corrected chi connectivity index (χ1v) is 11.7. The molecule has 0 spiro atoms. The summed E-state index contributed by atoms with van der Waals surface area (Å²) in [5, 5.41) is 4.26. The van der Waals surface area contributed by atoms with E-state index in [0.717, 1.165) is 48.3 Å². The van der Waals surface area contributed by atoms with Gasteiger partial charge in [-0.2, -0.15) is 0 Å². The molecule has 6 heteroatoms. The van der Waals surface area contributed by atoms with Gasteiger partial charge in [0.2, 0.25) is 0 Å². The van der Waals surface area contributed by atoms with Crippen LogP contribution < -0.4 is 11.1 Å². The number of piperidine rings is 1. The van der Waals surface area contributed by atoms with E-state index in [1.165, 1.54) is 29.7 Å². The summed E-state index contributed by atoms with van der Waals surface area (Å²) in [4.78, 5) is 12.8. The highest BCUT2D eigenvalue weighted by atomic mass is 32.2. The molecule has 1 aliphatic carbocycles. The van der Waals surface area contributed by atoms with E-state index in [0.29, 0.717) is 5.41 Å². The van der Waals surface area contributed by atoms with Crippen molar-refractivity contribution in [3.8, 4) is 0 Å². The molecule has 2 fully saturated rings. The third-order valence-electron chi connectivity index (χ3n) is 6.71. The van der Waals surface area contributed by atoms with Crippen LogP contribution in [-0.2, 0) is 5.41 Å². The van der Waals surface area contributed by atoms with Crippen molar-refractivity contribution < 1.29 is 0 Å². The average Bonchev–Trinajstić information content (AvgIpc) is 2.69. The molecule has 5 nitrogen and oxygen atoms in total. The molecule has 30 heavy (non-hydrogen) atoms. The summed E-state index contributed by atoms with van der Waals surface area (Å²) >= 11 is 1.64. The average molecular weight is 424 g/mol. The lowest BCUT2D eigenvalue weighted by molar-refractivity contribution is 0.212. The quantitative estimate of drug-likeness (QED) is 0.676. The van der Waals surface area contributed by atoms with Crippen molar-refractivity contribution in [2.75, 3.05) is 18.4 Å². The number of nitrogens with zero attached hydrogens (tertiary/aromatic N) is 3. The fraction of sp³-hybridized carbons (Fsp3) is 0.500. The molecular formula is C24H33N5S. The van der Waals surface area contributed by atoms with Gasteiger partial charge in [0.05, 0.1) is 17.7 Å². The van der Waals surface area contributed by atoms with Crippen molar-refractivity contribution >= 4 is 17.6 Å². The molecule has 3 N–H and O–H groups in total. The molecule has 2 heterocycles. The van der Waals surface area contributed by atoms with Crippen LogP contribution in [0.2, 0.25) is 0 Å². The first-order valence-electron chi connectivity index (χ1n) is 10.9. The van der Waals surface area contributed by atoms with Gasteiger partial charge in [-0.1, -0.05) is 43.8 Å². The van der Waals surface area contributed by atoms with Gasteiger partial charge in [-0.3, -0.25) is 4.98 Å². The summed E-state index contributed by atoms with van der Waals surface area (Å²) < 4.78 is 0. The van der Waals surface area contributed by atoms with Gasteiger partial charge in [-0.25, -0.2) is 4.98 Å². The largest absolute Gasteiger partial charge is 0.358 e. The summed E-state index contributed by atoms with van der Waals surface area (Å²) in [5.74, 6) is 1.63. The number of rotatable bonds is 6.